The molecule has 1 heterocycles. The van der Waals surface area contributed by atoms with E-state index in [0.717, 1.165) is 4.68 Å². The van der Waals surface area contributed by atoms with Gasteiger partial charge < -0.3 is 10.4 Å². The predicted octanol–water partition coefficient (Wildman–Crippen LogP) is 3.99. The molecule has 152 valence electrons. The van der Waals surface area contributed by atoms with Crippen molar-refractivity contribution in [1.82, 2.24) is 9.78 Å². The number of aryl methyl sites for hydroxylation is 1. The number of nitrogens with one attached hydrogen (secondary N) is 1. The first-order chi connectivity index (χ1) is 12.9. The van der Waals surface area contributed by atoms with Gasteiger partial charge in [0.1, 0.15) is 6.54 Å². The first-order valence-corrected chi connectivity index (χ1v) is 8.65. The van der Waals surface area contributed by atoms with Crippen LogP contribution in [-0.4, -0.2) is 32.9 Å². The van der Waals surface area contributed by atoms with Crippen molar-refractivity contribution in [2.45, 2.75) is 52.3 Å². The first kappa shape index (κ1) is 21.5. The number of amides is 1. The van der Waals surface area contributed by atoms with Crippen molar-refractivity contribution in [3.8, 4) is 0 Å². The number of anilines is 1. The van der Waals surface area contributed by atoms with E-state index in [-0.39, 0.29) is 0 Å². The third-order valence-electron chi connectivity index (χ3n) is 4.64. The Bertz CT molecular complexity index is 873. The molecule has 0 fully saturated rings. The molecule has 0 aliphatic heterocycles. The van der Waals surface area contributed by atoms with Gasteiger partial charge in [-0.25, -0.2) is 0 Å². The fourth-order valence-corrected chi connectivity index (χ4v) is 3.04. The second-order valence-corrected chi connectivity index (χ2v) is 6.75. The Hall–Kier alpha value is -2.84. The minimum atomic E-state index is -4.40. The number of aliphatic carboxylic acids is 1. The zero-order valence-electron chi connectivity index (χ0n) is 16.0. The zero-order valence-corrected chi connectivity index (χ0v) is 16.0. The van der Waals surface area contributed by atoms with Gasteiger partial charge in [-0.2, -0.15) is 18.3 Å². The number of benzene rings is 1. The normalized spacial score (nSPS) is 13.8. The second kappa shape index (κ2) is 8.04. The highest BCUT2D eigenvalue weighted by Crippen LogP contribution is 2.27. The van der Waals surface area contributed by atoms with Gasteiger partial charge in [0.25, 0.3) is 0 Å². The van der Waals surface area contributed by atoms with Crippen LogP contribution in [0.2, 0.25) is 0 Å². The Morgan fingerprint density at radius 1 is 1.14 bits per heavy atom. The highest BCUT2D eigenvalue weighted by molar-refractivity contribution is 5.96. The average Bonchev–Trinajstić information content (AvgIpc) is 2.86. The van der Waals surface area contributed by atoms with Crippen molar-refractivity contribution in [2.24, 2.45) is 0 Å². The molecule has 1 aromatic heterocycles. The van der Waals surface area contributed by atoms with Crippen LogP contribution in [0.1, 0.15) is 48.2 Å². The van der Waals surface area contributed by atoms with Crippen LogP contribution in [-0.2, 0) is 16.1 Å². The van der Waals surface area contributed by atoms with Gasteiger partial charge in [0.15, 0.2) is 0 Å². The summed E-state index contributed by atoms with van der Waals surface area (Å²) < 4.78 is 38.9. The van der Waals surface area contributed by atoms with E-state index in [0.29, 0.717) is 28.2 Å². The molecule has 0 aliphatic rings. The number of carboxylic acid groups (broad SMARTS) is 1. The van der Waals surface area contributed by atoms with E-state index in [9.17, 15) is 22.8 Å². The third kappa shape index (κ3) is 4.90. The van der Waals surface area contributed by atoms with Crippen LogP contribution in [0.3, 0.4) is 0 Å². The van der Waals surface area contributed by atoms with Crippen LogP contribution >= 0.6 is 0 Å². The van der Waals surface area contributed by atoms with Crippen LogP contribution in [0.5, 0.6) is 0 Å². The van der Waals surface area contributed by atoms with E-state index in [1.165, 1.54) is 6.92 Å². The Morgan fingerprint density at radius 2 is 1.71 bits per heavy atom. The molecule has 2 aromatic rings. The number of alkyl halides is 3. The Morgan fingerprint density at radius 3 is 2.21 bits per heavy atom. The van der Waals surface area contributed by atoms with E-state index in [4.69, 9.17) is 5.11 Å². The quantitative estimate of drug-likeness (QED) is 0.772. The predicted molar refractivity (Wildman–Crippen MR) is 97.3 cm³/mol. The number of aromatic nitrogens is 2. The summed E-state index contributed by atoms with van der Waals surface area (Å²) in [5.41, 5.74) is 2.19. The Labute approximate surface area is 160 Å². The first-order valence-electron chi connectivity index (χ1n) is 8.65. The van der Waals surface area contributed by atoms with Crippen LogP contribution in [0.25, 0.3) is 0 Å². The van der Waals surface area contributed by atoms with Crippen molar-refractivity contribution in [3.05, 3.63) is 46.8 Å². The lowest BCUT2D eigenvalue weighted by molar-refractivity contribution is -0.143. The summed E-state index contributed by atoms with van der Waals surface area (Å²) in [6.07, 6.45) is -4.40. The zero-order chi connectivity index (χ0) is 21.2. The van der Waals surface area contributed by atoms with Gasteiger partial charge in [0.2, 0.25) is 5.91 Å². The summed E-state index contributed by atoms with van der Waals surface area (Å²) in [4.78, 5) is 23.6. The fourth-order valence-electron chi connectivity index (χ4n) is 3.04. The van der Waals surface area contributed by atoms with Crippen molar-refractivity contribution in [2.75, 3.05) is 5.32 Å². The number of hydrogen-bond donors (Lipinski definition) is 2. The number of nitrogens with zero attached hydrogens (tertiary/aromatic N) is 2. The van der Waals surface area contributed by atoms with Crippen molar-refractivity contribution >= 4 is 17.6 Å². The maximum absolute atomic E-state index is 12.7. The SMILES string of the molecule is Cc1nn(CC(F)(F)F)c(C)c1C(C)C(=O)Nc1ccc(C(C)C(=O)O)cc1. The molecular formula is C19H22F3N3O3. The van der Waals surface area contributed by atoms with E-state index >= 15 is 0 Å². The largest absolute Gasteiger partial charge is 0.481 e. The minimum absolute atomic E-state index is 0.295. The molecule has 1 aromatic carbocycles. The molecule has 0 bridgehead atoms. The maximum Gasteiger partial charge on any atom is 0.408 e. The van der Waals surface area contributed by atoms with Gasteiger partial charge in [-0.1, -0.05) is 12.1 Å². The van der Waals surface area contributed by atoms with Gasteiger partial charge in [-0.05, 0) is 45.4 Å². The topological polar surface area (TPSA) is 84.2 Å². The third-order valence-corrected chi connectivity index (χ3v) is 4.64. The lowest BCUT2D eigenvalue weighted by atomic mass is 9.97. The highest BCUT2D eigenvalue weighted by Gasteiger charge is 2.31. The minimum Gasteiger partial charge on any atom is -0.481 e. The summed E-state index contributed by atoms with van der Waals surface area (Å²) >= 11 is 0. The highest BCUT2D eigenvalue weighted by atomic mass is 19.4. The molecule has 9 heteroatoms. The molecular weight excluding hydrogens is 375 g/mol. The van der Waals surface area contributed by atoms with Gasteiger partial charge in [0.05, 0.1) is 17.5 Å². The molecule has 2 atom stereocenters. The number of carbonyl (C=O) groups is 2. The summed E-state index contributed by atoms with van der Waals surface area (Å²) in [5, 5.41) is 15.6. The number of halogens is 3. The number of rotatable bonds is 6. The smallest absolute Gasteiger partial charge is 0.408 e. The molecule has 6 nitrogen and oxygen atoms in total. The maximum atomic E-state index is 12.7. The monoisotopic (exact) mass is 397 g/mol. The fraction of sp³-hybridized carbons (Fsp3) is 0.421. The average molecular weight is 397 g/mol. The van der Waals surface area contributed by atoms with E-state index < -0.39 is 36.4 Å². The molecule has 0 aliphatic carbocycles. The Kier molecular flexibility index (Phi) is 6.16. The molecule has 2 unspecified atom stereocenters. The van der Waals surface area contributed by atoms with Crippen molar-refractivity contribution in [1.29, 1.82) is 0 Å². The lowest BCUT2D eigenvalue weighted by Crippen LogP contribution is -2.21. The second-order valence-electron chi connectivity index (χ2n) is 6.75. The molecule has 2 N–H and O–H groups in total. The standard InChI is InChI=1S/C19H22F3N3O3/c1-10(18(27)28)14-5-7-15(8-6-14)23-17(26)11(2)16-12(3)24-25(13(16)4)9-19(20,21)22/h5-8,10-11H,9H2,1-4H3,(H,23,26)(H,27,28). The molecule has 0 saturated carbocycles. The summed E-state index contributed by atoms with van der Waals surface area (Å²) in [6, 6.07) is 6.40. The molecule has 0 spiro atoms. The summed E-state index contributed by atoms with van der Waals surface area (Å²) in [6.45, 7) is 5.03. The van der Waals surface area contributed by atoms with E-state index in [2.05, 4.69) is 10.4 Å². The van der Waals surface area contributed by atoms with Gasteiger partial charge in [-0.3, -0.25) is 14.3 Å². The molecule has 28 heavy (non-hydrogen) atoms. The molecule has 1 amide bonds. The van der Waals surface area contributed by atoms with Crippen molar-refractivity contribution in [3.63, 3.8) is 0 Å². The lowest BCUT2D eigenvalue weighted by Gasteiger charge is -2.14. The number of carbonyl (C=O) groups excluding carboxylic acids is 1. The molecule has 2 rings (SSSR count). The van der Waals surface area contributed by atoms with Crippen LogP contribution in [0.4, 0.5) is 18.9 Å². The van der Waals surface area contributed by atoms with Crippen LogP contribution in [0, 0.1) is 13.8 Å². The molecule has 0 saturated heterocycles. The van der Waals surface area contributed by atoms with Gasteiger partial charge in [0, 0.05) is 16.9 Å². The van der Waals surface area contributed by atoms with Crippen LogP contribution < -0.4 is 5.32 Å². The van der Waals surface area contributed by atoms with E-state index in [1.807, 2.05) is 0 Å². The Balaban J connectivity index is 2.16. The summed E-state index contributed by atoms with van der Waals surface area (Å²) in [7, 11) is 0. The van der Waals surface area contributed by atoms with Crippen LogP contribution in [0.15, 0.2) is 24.3 Å². The number of hydrogen-bond acceptors (Lipinski definition) is 3. The molecule has 0 radical (unpaired) electrons. The van der Waals surface area contributed by atoms with E-state index in [1.54, 1.807) is 45.0 Å². The summed E-state index contributed by atoms with van der Waals surface area (Å²) in [5.74, 6) is -2.72. The van der Waals surface area contributed by atoms with Crippen molar-refractivity contribution < 1.29 is 27.9 Å². The van der Waals surface area contributed by atoms with Gasteiger partial charge >= 0.3 is 12.1 Å². The number of carboxylic acids is 1. The van der Waals surface area contributed by atoms with Gasteiger partial charge in [-0.15, -0.1) is 0 Å².